The number of fused-ring (bicyclic) bond motifs is 1. The molecule has 0 bridgehead atoms. The number of aromatic amines is 1. The lowest BCUT2D eigenvalue weighted by Crippen LogP contribution is -2.14. The van der Waals surface area contributed by atoms with Crippen molar-refractivity contribution >= 4 is 22.7 Å². The van der Waals surface area contributed by atoms with Crippen molar-refractivity contribution in [1.82, 2.24) is 24.8 Å². The molecule has 8 nitrogen and oxygen atoms in total. The second kappa shape index (κ2) is 6.34. The van der Waals surface area contributed by atoms with Crippen LogP contribution >= 0.6 is 11.8 Å². The molecule has 0 radical (unpaired) electrons. The maximum absolute atomic E-state index is 12.2. The molecule has 4 rings (SSSR count). The van der Waals surface area contributed by atoms with Gasteiger partial charge in [-0.15, -0.1) is 10.2 Å². The van der Waals surface area contributed by atoms with Crippen LogP contribution in [-0.4, -0.2) is 24.8 Å². The first kappa shape index (κ1) is 16.4. The molecule has 0 spiro atoms. The minimum absolute atomic E-state index is 0.165. The lowest BCUT2D eigenvalue weighted by Gasteiger charge is -2.10. The van der Waals surface area contributed by atoms with Crippen molar-refractivity contribution in [3.63, 3.8) is 0 Å². The van der Waals surface area contributed by atoms with E-state index in [9.17, 15) is 4.79 Å². The van der Waals surface area contributed by atoms with Crippen LogP contribution in [0.4, 0.5) is 0 Å². The molecule has 0 saturated heterocycles. The largest absolute Gasteiger partial charge is 0.469 e. The predicted octanol–water partition coefficient (Wildman–Crippen LogP) is 2.65. The van der Waals surface area contributed by atoms with Gasteiger partial charge in [0.15, 0.2) is 5.82 Å². The highest BCUT2D eigenvalue weighted by molar-refractivity contribution is 7.99. The summed E-state index contributed by atoms with van der Waals surface area (Å²) in [5.41, 5.74) is 1.28. The quantitative estimate of drug-likeness (QED) is 0.420. The van der Waals surface area contributed by atoms with E-state index in [2.05, 4.69) is 20.2 Å². The third kappa shape index (κ3) is 2.76. The van der Waals surface area contributed by atoms with E-state index in [0.29, 0.717) is 33.5 Å². The van der Waals surface area contributed by atoms with Gasteiger partial charge in [-0.25, -0.2) is 9.66 Å². The zero-order chi connectivity index (χ0) is 18.3. The van der Waals surface area contributed by atoms with E-state index in [-0.39, 0.29) is 10.8 Å². The van der Waals surface area contributed by atoms with Gasteiger partial charge in [-0.3, -0.25) is 4.79 Å². The van der Waals surface area contributed by atoms with E-state index in [1.807, 2.05) is 32.0 Å². The van der Waals surface area contributed by atoms with Gasteiger partial charge in [-0.05, 0) is 32.0 Å². The van der Waals surface area contributed by atoms with Gasteiger partial charge < -0.3 is 15.2 Å². The third-order valence-electron chi connectivity index (χ3n) is 4.06. The summed E-state index contributed by atoms with van der Waals surface area (Å²) >= 11 is 1.37. The average Bonchev–Trinajstić information content (AvgIpc) is 3.21. The molecule has 0 fully saturated rings. The molecule has 3 N–H and O–H groups in total. The lowest BCUT2D eigenvalue weighted by atomic mass is 10.2. The van der Waals surface area contributed by atoms with E-state index >= 15 is 0 Å². The Hall–Kier alpha value is -3.07. The van der Waals surface area contributed by atoms with Gasteiger partial charge in [-0.2, -0.15) is 0 Å². The highest BCUT2D eigenvalue weighted by Gasteiger charge is 2.20. The van der Waals surface area contributed by atoms with Crippen molar-refractivity contribution in [2.45, 2.75) is 24.3 Å². The number of rotatable bonds is 4. The highest BCUT2D eigenvalue weighted by atomic mass is 32.2. The number of benzene rings is 1. The number of nitrogens with zero attached hydrogens (tertiary/aromatic N) is 4. The number of hydrogen-bond donors (Lipinski definition) is 2. The number of para-hydroxylation sites is 1. The highest BCUT2D eigenvalue weighted by Crippen LogP contribution is 2.33. The number of nitrogens with two attached hydrogens (primary N) is 1. The van der Waals surface area contributed by atoms with Gasteiger partial charge in [0.2, 0.25) is 5.16 Å². The van der Waals surface area contributed by atoms with Gasteiger partial charge in [0.1, 0.15) is 11.6 Å². The SMILES string of the molecule is Cc1occc1-c1nnc(SC(C)c2nc3ccccc3c(=O)[nH]2)n1N. The Morgan fingerprint density at radius 3 is 2.85 bits per heavy atom. The number of aryl methyl sites for hydroxylation is 1. The maximum atomic E-state index is 12.2. The second-order valence-electron chi connectivity index (χ2n) is 5.80. The number of H-pyrrole nitrogens is 1. The molecule has 3 heterocycles. The van der Waals surface area contributed by atoms with Crippen molar-refractivity contribution < 1.29 is 4.42 Å². The molecule has 26 heavy (non-hydrogen) atoms. The van der Waals surface area contributed by atoms with Crippen molar-refractivity contribution in [1.29, 1.82) is 0 Å². The zero-order valence-electron chi connectivity index (χ0n) is 14.1. The van der Waals surface area contributed by atoms with Crippen LogP contribution < -0.4 is 11.4 Å². The maximum Gasteiger partial charge on any atom is 0.258 e. The summed E-state index contributed by atoms with van der Waals surface area (Å²) < 4.78 is 6.71. The van der Waals surface area contributed by atoms with E-state index in [4.69, 9.17) is 10.3 Å². The molecule has 132 valence electrons. The minimum Gasteiger partial charge on any atom is -0.469 e. The summed E-state index contributed by atoms with van der Waals surface area (Å²) in [4.78, 5) is 19.6. The standard InChI is InChI=1S/C17H16N6O2S/c1-9-11(7-8-25-9)15-21-22-17(23(15)18)26-10(2)14-19-13-6-4-3-5-12(13)16(24)20-14/h3-8,10H,18H2,1-2H3,(H,19,20,24). The average molecular weight is 368 g/mol. The Labute approximate surface area is 152 Å². The molecule has 0 aliphatic heterocycles. The van der Waals surface area contributed by atoms with E-state index in [1.165, 1.54) is 16.4 Å². The normalized spacial score (nSPS) is 12.5. The first-order valence-corrected chi connectivity index (χ1v) is 8.83. The number of aromatic nitrogens is 5. The fraction of sp³-hybridized carbons (Fsp3) is 0.176. The molecule has 1 unspecified atom stereocenters. The van der Waals surface area contributed by atoms with Crippen molar-refractivity contribution in [2.75, 3.05) is 5.84 Å². The second-order valence-corrected chi connectivity index (χ2v) is 7.10. The van der Waals surface area contributed by atoms with Gasteiger partial charge in [-0.1, -0.05) is 23.9 Å². The van der Waals surface area contributed by atoms with Gasteiger partial charge >= 0.3 is 0 Å². The topological polar surface area (TPSA) is 116 Å². The van der Waals surface area contributed by atoms with Crippen molar-refractivity contribution in [2.24, 2.45) is 0 Å². The lowest BCUT2D eigenvalue weighted by molar-refractivity contribution is 0.535. The Balaban J connectivity index is 1.65. The van der Waals surface area contributed by atoms with Crippen LogP contribution in [0.25, 0.3) is 22.3 Å². The zero-order valence-corrected chi connectivity index (χ0v) is 14.9. The van der Waals surface area contributed by atoms with Gasteiger partial charge in [0.05, 0.1) is 28.0 Å². The number of thioether (sulfide) groups is 1. The molecule has 0 amide bonds. The molecule has 9 heteroatoms. The predicted molar refractivity (Wildman–Crippen MR) is 99.2 cm³/mol. The molecule has 4 aromatic rings. The first-order chi connectivity index (χ1) is 12.5. The first-order valence-electron chi connectivity index (χ1n) is 7.95. The number of nitrogens with one attached hydrogen (secondary N) is 1. The van der Waals surface area contributed by atoms with Crippen molar-refractivity contribution in [3.8, 4) is 11.4 Å². The van der Waals surface area contributed by atoms with Crippen LogP contribution in [0, 0.1) is 6.92 Å². The summed E-state index contributed by atoms with van der Waals surface area (Å²) in [6.07, 6.45) is 1.58. The fourth-order valence-corrected chi connectivity index (χ4v) is 3.50. The third-order valence-corrected chi connectivity index (χ3v) is 5.13. The van der Waals surface area contributed by atoms with Crippen LogP contribution in [0.15, 0.2) is 51.0 Å². The van der Waals surface area contributed by atoms with E-state index in [0.717, 1.165) is 5.56 Å². The number of hydrogen-bond acceptors (Lipinski definition) is 7. The summed E-state index contributed by atoms with van der Waals surface area (Å²) in [5.74, 6) is 7.94. The summed E-state index contributed by atoms with van der Waals surface area (Å²) in [5, 5.41) is 9.21. The molecular weight excluding hydrogens is 352 g/mol. The Morgan fingerprint density at radius 1 is 1.27 bits per heavy atom. The fourth-order valence-electron chi connectivity index (χ4n) is 2.67. The van der Waals surface area contributed by atoms with Crippen LogP contribution in [0.2, 0.25) is 0 Å². The summed E-state index contributed by atoms with van der Waals surface area (Å²) in [6.45, 7) is 3.76. The Bertz CT molecular complexity index is 1150. The van der Waals surface area contributed by atoms with Crippen LogP contribution in [0.3, 0.4) is 0 Å². The Kier molecular flexibility index (Phi) is 4.00. The molecule has 1 aromatic carbocycles. The van der Waals surface area contributed by atoms with Crippen LogP contribution in [-0.2, 0) is 0 Å². The molecule has 0 saturated carbocycles. The van der Waals surface area contributed by atoms with E-state index in [1.54, 1.807) is 18.4 Å². The van der Waals surface area contributed by atoms with Crippen molar-refractivity contribution in [3.05, 3.63) is 58.5 Å². The molecule has 3 aromatic heterocycles. The molecular formula is C17H16N6O2S. The molecule has 1 atom stereocenters. The summed E-state index contributed by atoms with van der Waals surface area (Å²) in [7, 11) is 0. The number of nitrogen functional groups attached to an aromatic ring is 1. The smallest absolute Gasteiger partial charge is 0.258 e. The molecule has 0 aliphatic rings. The van der Waals surface area contributed by atoms with E-state index < -0.39 is 0 Å². The van der Waals surface area contributed by atoms with Gasteiger partial charge in [0, 0.05) is 0 Å². The molecule has 0 aliphatic carbocycles. The number of furan rings is 1. The van der Waals surface area contributed by atoms with Crippen LogP contribution in [0.1, 0.15) is 23.8 Å². The Morgan fingerprint density at radius 2 is 2.08 bits per heavy atom. The monoisotopic (exact) mass is 368 g/mol. The van der Waals surface area contributed by atoms with Crippen LogP contribution in [0.5, 0.6) is 0 Å². The summed E-state index contributed by atoms with van der Waals surface area (Å²) in [6, 6.07) is 9.03. The van der Waals surface area contributed by atoms with Gasteiger partial charge in [0.25, 0.3) is 5.56 Å². The minimum atomic E-state index is -0.169.